The molecule has 0 radical (unpaired) electrons. The maximum Gasteiger partial charge on any atom is 0.328 e. The van der Waals surface area contributed by atoms with E-state index in [1.807, 2.05) is 6.92 Å². The minimum Gasteiger partial charge on any atom is -0.494 e. The Morgan fingerprint density at radius 3 is 2.78 bits per heavy atom. The van der Waals surface area contributed by atoms with Gasteiger partial charge in [-0.05, 0) is 36.1 Å². The molecule has 0 bridgehead atoms. The molecule has 1 rings (SSSR count). The zero-order valence-electron chi connectivity index (χ0n) is 10.6. The number of carboxylic acid groups (broad SMARTS) is 1. The first-order valence-electron chi connectivity index (χ1n) is 5.86. The van der Waals surface area contributed by atoms with E-state index in [9.17, 15) is 9.18 Å². The van der Waals surface area contributed by atoms with Crippen molar-refractivity contribution in [2.75, 3.05) is 7.11 Å². The van der Waals surface area contributed by atoms with Crippen LogP contribution in [0.3, 0.4) is 0 Å². The summed E-state index contributed by atoms with van der Waals surface area (Å²) < 4.78 is 19.0. The molecule has 0 heterocycles. The highest BCUT2D eigenvalue weighted by Gasteiger charge is 2.12. The van der Waals surface area contributed by atoms with Crippen LogP contribution in [0.4, 0.5) is 4.39 Å². The van der Waals surface area contributed by atoms with Crippen LogP contribution in [-0.2, 0) is 11.2 Å². The van der Waals surface area contributed by atoms with Gasteiger partial charge in [0.15, 0.2) is 11.6 Å². The lowest BCUT2D eigenvalue weighted by atomic mass is 10.0. The van der Waals surface area contributed by atoms with Crippen molar-refractivity contribution in [1.29, 1.82) is 0 Å². The molecule has 1 aromatic rings. The van der Waals surface area contributed by atoms with Crippen LogP contribution in [0, 0.1) is 5.82 Å². The van der Waals surface area contributed by atoms with E-state index in [0.717, 1.165) is 18.9 Å². The Kier molecular flexibility index (Phi) is 5.36. The summed E-state index contributed by atoms with van der Waals surface area (Å²) in [6, 6.07) is 3.18. The van der Waals surface area contributed by atoms with Crippen LogP contribution >= 0.6 is 0 Å². The molecule has 98 valence electrons. The first-order chi connectivity index (χ1) is 8.60. The minimum atomic E-state index is -1.05. The maximum absolute atomic E-state index is 14.1. The highest BCUT2D eigenvalue weighted by atomic mass is 19.1. The number of carboxylic acids is 1. The molecule has 0 atom stereocenters. The second-order valence-electron chi connectivity index (χ2n) is 3.92. The Morgan fingerprint density at radius 1 is 1.50 bits per heavy atom. The topological polar surface area (TPSA) is 46.5 Å². The van der Waals surface area contributed by atoms with Crippen LogP contribution in [0.25, 0.3) is 6.08 Å². The minimum absolute atomic E-state index is 0.188. The van der Waals surface area contributed by atoms with Crippen LogP contribution in [0.1, 0.15) is 30.9 Å². The van der Waals surface area contributed by atoms with Gasteiger partial charge in [0.05, 0.1) is 7.11 Å². The van der Waals surface area contributed by atoms with E-state index in [0.29, 0.717) is 17.5 Å². The first kappa shape index (κ1) is 14.2. The smallest absolute Gasteiger partial charge is 0.328 e. The van der Waals surface area contributed by atoms with Crippen molar-refractivity contribution in [2.45, 2.75) is 26.2 Å². The monoisotopic (exact) mass is 252 g/mol. The molecule has 1 N–H and O–H groups in total. The molecule has 0 aromatic heterocycles. The Morgan fingerprint density at radius 2 is 2.22 bits per heavy atom. The van der Waals surface area contributed by atoms with Crippen molar-refractivity contribution < 1.29 is 19.0 Å². The van der Waals surface area contributed by atoms with Gasteiger partial charge in [-0.25, -0.2) is 9.18 Å². The Balaban J connectivity index is 3.15. The number of benzene rings is 1. The summed E-state index contributed by atoms with van der Waals surface area (Å²) in [6.07, 6.45) is 4.78. The zero-order valence-corrected chi connectivity index (χ0v) is 10.6. The lowest BCUT2D eigenvalue weighted by Crippen LogP contribution is -1.99. The van der Waals surface area contributed by atoms with Gasteiger partial charge in [-0.1, -0.05) is 19.4 Å². The van der Waals surface area contributed by atoms with Crippen LogP contribution in [0.5, 0.6) is 5.75 Å². The molecule has 0 spiro atoms. The molecule has 0 amide bonds. The normalized spacial score (nSPS) is 10.8. The Bertz CT molecular complexity index is 453. The van der Waals surface area contributed by atoms with Crippen LogP contribution in [-0.4, -0.2) is 18.2 Å². The van der Waals surface area contributed by atoms with Gasteiger partial charge in [0, 0.05) is 6.08 Å². The van der Waals surface area contributed by atoms with Crippen molar-refractivity contribution in [1.82, 2.24) is 0 Å². The summed E-state index contributed by atoms with van der Waals surface area (Å²) in [5.41, 5.74) is 1.10. The van der Waals surface area contributed by atoms with E-state index in [1.165, 1.54) is 19.3 Å². The van der Waals surface area contributed by atoms with Crippen LogP contribution < -0.4 is 4.74 Å². The molecule has 1 aromatic carbocycles. The van der Waals surface area contributed by atoms with Crippen molar-refractivity contribution >= 4 is 12.0 Å². The summed E-state index contributed by atoms with van der Waals surface area (Å²) in [5, 5.41) is 8.61. The number of methoxy groups -OCH3 is 1. The van der Waals surface area contributed by atoms with E-state index < -0.39 is 11.8 Å². The predicted octanol–water partition coefficient (Wildman–Crippen LogP) is 3.27. The third kappa shape index (κ3) is 3.58. The molecule has 4 heteroatoms. The Labute approximate surface area is 106 Å². The molecule has 0 saturated heterocycles. The first-order valence-corrected chi connectivity index (χ1v) is 5.86. The molecular weight excluding hydrogens is 235 g/mol. The standard InChI is InChI=1S/C14H17FO3/c1-3-4-5-11-10(7-9-13(16)17)6-8-12(18-2)14(11)15/h6-9H,3-5H2,1-2H3,(H,16,17)/b9-7+. The third-order valence-electron chi connectivity index (χ3n) is 2.65. The third-order valence-corrected chi connectivity index (χ3v) is 2.65. The SMILES string of the molecule is CCCCc1c(/C=C/C(=O)O)ccc(OC)c1F. The van der Waals surface area contributed by atoms with Gasteiger partial charge in [-0.2, -0.15) is 0 Å². The molecule has 3 nitrogen and oxygen atoms in total. The molecule has 18 heavy (non-hydrogen) atoms. The fourth-order valence-electron chi connectivity index (χ4n) is 1.70. The number of hydrogen-bond acceptors (Lipinski definition) is 2. The second kappa shape index (κ2) is 6.79. The summed E-state index contributed by atoms with van der Waals surface area (Å²) >= 11 is 0. The van der Waals surface area contributed by atoms with Gasteiger partial charge < -0.3 is 9.84 Å². The number of aliphatic carboxylic acids is 1. The molecule has 0 fully saturated rings. The molecule has 0 aliphatic rings. The van der Waals surface area contributed by atoms with Crippen molar-refractivity contribution in [3.8, 4) is 5.75 Å². The predicted molar refractivity (Wildman–Crippen MR) is 68.2 cm³/mol. The van der Waals surface area contributed by atoms with Gasteiger partial charge in [-0.15, -0.1) is 0 Å². The average molecular weight is 252 g/mol. The van der Waals surface area contributed by atoms with E-state index in [4.69, 9.17) is 9.84 Å². The largest absolute Gasteiger partial charge is 0.494 e. The van der Waals surface area contributed by atoms with Crippen molar-refractivity contribution in [3.05, 3.63) is 35.2 Å². The summed E-state index contributed by atoms with van der Waals surface area (Å²) in [4.78, 5) is 10.5. The molecular formula is C14H17FO3. The zero-order chi connectivity index (χ0) is 13.5. The van der Waals surface area contributed by atoms with E-state index in [-0.39, 0.29) is 5.75 Å². The van der Waals surface area contributed by atoms with Gasteiger partial charge in [0.1, 0.15) is 0 Å². The van der Waals surface area contributed by atoms with Crippen LogP contribution in [0.2, 0.25) is 0 Å². The number of hydrogen-bond donors (Lipinski definition) is 1. The molecule has 0 aliphatic carbocycles. The van der Waals surface area contributed by atoms with Crippen molar-refractivity contribution in [2.24, 2.45) is 0 Å². The fraction of sp³-hybridized carbons (Fsp3) is 0.357. The molecule has 0 saturated carbocycles. The summed E-state index contributed by atoms with van der Waals surface area (Å²) in [5.74, 6) is -1.26. The number of ether oxygens (including phenoxy) is 1. The lowest BCUT2D eigenvalue weighted by molar-refractivity contribution is -0.131. The lowest BCUT2D eigenvalue weighted by Gasteiger charge is -2.10. The fourth-order valence-corrected chi connectivity index (χ4v) is 1.70. The Hall–Kier alpha value is -1.84. The highest BCUT2D eigenvalue weighted by molar-refractivity contribution is 5.85. The molecule has 0 unspecified atom stereocenters. The van der Waals surface area contributed by atoms with Crippen LogP contribution in [0.15, 0.2) is 18.2 Å². The van der Waals surface area contributed by atoms with E-state index >= 15 is 0 Å². The quantitative estimate of drug-likeness (QED) is 0.790. The summed E-state index contributed by atoms with van der Waals surface area (Å²) in [6.45, 7) is 2.02. The van der Waals surface area contributed by atoms with Gasteiger partial charge in [0.25, 0.3) is 0 Å². The van der Waals surface area contributed by atoms with Gasteiger partial charge in [0.2, 0.25) is 0 Å². The van der Waals surface area contributed by atoms with E-state index in [2.05, 4.69) is 0 Å². The second-order valence-corrected chi connectivity index (χ2v) is 3.92. The number of halogens is 1. The van der Waals surface area contributed by atoms with Gasteiger partial charge >= 0.3 is 5.97 Å². The van der Waals surface area contributed by atoms with Gasteiger partial charge in [-0.3, -0.25) is 0 Å². The average Bonchev–Trinajstić information content (AvgIpc) is 2.35. The maximum atomic E-state index is 14.1. The summed E-state index contributed by atoms with van der Waals surface area (Å²) in [7, 11) is 1.41. The molecule has 0 aliphatic heterocycles. The number of unbranched alkanes of at least 4 members (excludes halogenated alkanes) is 1. The highest BCUT2D eigenvalue weighted by Crippen LogP contribution is 2.26. The number of rotatable bonds is 6. The number of carbonyl (C=O) groups is 1. The van der Waals surface area contributed by atoms with Crippen molar-refractivity contribution in [3.63, 3.8) is 0 Å². The van der Waals surface area contributed by atoms with E-state index in [1.54, 1.807) is 6.07 Å².